The van der Waals surface area contributed by atoms with Crippen LogP contribution in [0.3, 0.4) is 0 Å². The fraction of sp³-hybridized carbons (Fsp3) is 0.200. The van der Waals surface area contributed by atoms with Gasteiger partial charge in [0.05, 0.1) is 0 Å². The van der Waals surface area contributed by atoms with Crippen LogP contribution in [0.25, 0.3) is 6.08 Å². The highest BCUT2D eigenvalue weighted by molar-refractivity contribution is 5.48. The molecule has 0 atom stereocenters. The molecule has 1 aromatic heterocycles. The van der Waals surface area contributed by atoms with Crippen molar-refractivity contribution in [3.05, 3.63) is 70.2 Å². The number of benzene rings is 1. The van der Waals surface area contributed by atoms with Gasteiger partial charge < -0.3 is 4.42 Å². The molecule has 0 saturated heterocycles. The molecule has 0 radical (unpaired) electrons. The molecule has 0 N–H and O–H groups in total. The van der Waals surface area contributed by atoms with E-state index in [1.54, 1.807) is 6.08 Å². The van der Waals surface area contributed by atoms with E-state index in [0.717, 1.165) is 28.3 Å². The summed E-state index contributed by atoms with van der Waals surface area (Å²) < 4.78 is 6.31. The van der Waals surface area contributed by atoms with Crippen LogP contribution in [-0.4, -0.2) is 11.8 Å². The zero-order valence-corrected chi connectivity index (χ0v) is 10.6. The Morgan fingerprint density at radius 2 is 1.89 bits per heavy atom. The maximum absolute atomic E-state index is 10.7. The summed E-state index contributed by atoms with van der Waals surface area (Å²) in [6.07, 6.45) is 4.07. The van der Waals surface area contributed by atoms with Crippen LogP contribution in [0.15, 0.2) is 47.0 Å². The summed E-state index contributed by atoms with van der Waals surface area (Å²) in [6, 6.07) is 12.0. The molecule has 0 aliphatic heterocycles. The van der Waals surface area contributed by atoms with E-state index in [1.165, 1.54) is 18.8 Å². The zero-order chi connectivity index (χ0) is 13.0. The van der Waals surface area contributed by atoms with Crippen LogP contribution in [0, 0.1) is 11.8 Å². The second kappa shape index (κ2) is 5.45. The Labute approximate surface area is 106 Å². The summed E-state index contributed by atoms with van der Waals surface area (Å²) in [4.78, 5) is 10.7. The average molecular weight is 242 g/mol. The van der Waals surface area contributed by atoms with Crippen molar-refractivity contribution >= 4 is 6.08 Å². The second-order valence-electron chi connectivity index (χ2n) is 4.29. The number of rotatable bonds is 4. The van der Waals surface area contributed by atoms with Crippen LogP contribution >= 0.6 is 0 Å². The standard InChI is InChI=1S/C15H16NO2/c1-12-3-8-15(18-12)11-14-6-4-13(5-7-14)9-10-16(2)17/h3-10H,11H2,1-2H3/q+1/b10-9+. The smallest absolute Gasteiger partial charge is 0.221 e. The normalized spacial score (nSPS) is 11.0. The third kappa shape index (κ3) is 3.42. The highest BCUT2D eigenvalue weighted by Gasteiger charge is 2.00. The topological polar surface area (TPSA) is 33.2 Å². The van der Waals surface area contributed by atoms with E-state index >= 15 is 0 Å². The summed E-state index contributed by atoms with van der Waals surface area (Å²) in [5.41, 5.74) is 2.20. The molecular formula is C15H16NO2+. The molecule has 18 heavy (non-hydrogen) atoms. The van der Waals surface area contributed by atoms with Crippen molar-refractivity contribution in [3.63, 3.8) is 0 Å². The number of hydrogen-bond acceptors (Lipinski definition) is 2. The Kier molecular flexibility index (Phi) is 3.72. The second-order valence-corrected chi connectivity index (χ2v) is 4.29. The van der Waals surface area contributed by atoms with Gasteiger partial charge in [0.25, 0.3) is 0 Å². The van der Waals surface area contributed by atoms with Crippen LogP contribution in [-0.2, 0) is 6.42 Å². The largest absolute Gasteiger partial charge is 0.466 e. The van der Waals surface area contributed by atoms with E-state index in [2.05, 4.69) is 0 Å². The Bertz CT molecular complexity index is 564. The minimum Gasteiger partial charge on any atom is -0.466 e. The molecule has 0 amide bonds. The van der Waals surface area contributed by atoms with E-state index < -0.39 is 0 Å². The number of nitroso groups, excluding NO2 is 1. The third-order valence-electron chi connectivity index (χ3n) is 2.63. The maximum atomic E-state index is 10.7. The summed E-state index contributed by atoms with van der Waals surface area (Å²) in [6.45, 7) is 1.94. The fourth-order valence-corrected chi connectivity index (χ4v) is 1.72. The van der Waals surface area contributed by atoms with Gasteiger partial charge in [0.2, 0.25) is 6.20 Å². The predicted octanol–water partition coefficient (Wildman–Crippen LogP) is 3.56. The molecule has 1 heterocycles. The van der Waals surface area contributed by atoms with E-state index in [4.69, 9.17) is 4.42 Å². The average Bonchev–Trinajstić information content (AvgIpc) is 2.74. The van der Waals surface area contributed by atoms with Gasteiger partial charge in [-0.3, -0.25) is 0 Å². The molecule has 3 nitrogen and oxygen atoms in total. The first-order valence-corrected chi connectivity index (χ1v) is 5.86. The van der Waals surface area contributed by atoms with Crippen LogP contribution < -0.4 is 0 Å². The lowest BCUT2D eigenvalue weighted by Gasteiger charge is -1.99. The summed E-state index contributed by atoms with van der Waals surface area (Å²) in [5, 5.41) is 0. The molecule has 0 aliphatic rings. The Morgan fingerprint density at radius 1 is 1.17 bits per heavy atom. The molecule has 0 unspecified atom stereocenters. The molecule has 0 aliphatic carbocycles. The Balaban J connectivity index is 2.06. The van der Waals surface area contributed by atoms with Gasteiger partial charge in [0.1, 0.15) is 11.5 Å². The molecular weight excluding hydrogens is 226 g/mol. The quantitative estimate of drug-likeness (QED) is 0.768. The first-order chi connectivity index (χ1) is 8.63. The lowest BCUT2D eigenvalue weighted by Crippen LogP contribution is -1.87. The molecule has 0 bridgehead atoms. The highest BCUT2D eigenvalue weighted by atomic mass is 16.3. The Hall–Kier alpha value is -2.16. The SMILES string of the molecule is Cc1ccc(Cc2ccc(/C=C/[N+](C)=O)cc2)o1. The molecule has 1 aromatic carbocycles. The van der Waals surface area contributed by atoms with Gasteiger partial charge in [-0.25, -0.2) is 0 Å². The molecule has 2 rings (SSSR count). The van der Waals surface area contributed by atoms with E-state index in [9.17, 15) is 4.91 Å². The minimum absolute atomic E-state index is 0.777. The van der Waals surface area contributed by atoms with Gasteiger partial charge in [0.15, 0.2) is 7.05 Å². The van der Waals surface area contributed by atoms with Crippen molar-refractivity contribution < 1.29 is 9.18 Å². The van der Waals surface area contributed by atoms with Crippen LogP contribution in [0.1, 0.15) is 22.6 Å². The fourth-order valence-electron chi connectivity index (χ4n) is 1.72. The molecule has 3 heteroatoms. The third-order valence-corrected chi connectivity index (χ3v) is 2.63. The van der Waals surface area contributed by atoms with Gasteiger partial charge in [-0.2, -0.15) is 0 Å². The maximum Gasteiger partial charge on any atom is 0.221 e. The number of furan rings is 1. The minimum atomic E-state index is 0.777. The predicted molar refractivity (Wildman–Crippen MR) is 71.3 cm³/mol. The zero-order valence-electron chi connectivity index (χ0n) is 10.6. The number of aryl methyl sites for hydroxylation is 1. The highest BCUT2D eigenvalue weighted by Crippen LogP contribution is 2.14. The number of nitrogens with zero attached hydrogens (tertiary/aromatic N) is 1. The van der Waals surface area contributed by atoms with Crippen molar-refractivity contribution in [2.45, 2.75) is 13.3 Å². The van der Waals surface area contributed by atoms with Crippen LogP contribution in [0.2, 0.25) is 0 Å². The number of hydrogen-bond donors (Lipinski definition) is 0. The van der Waals surface area contributed by atoms with Crippen molar-refractivity contribution in [3.8, 4) is 0 Å². The van der Waals surface area contributed by atoms with E-state index in [0.29, 0.717) is 0 Å². The monoisotopic (exact) mass is 242 g/mol. The van der Waals surface area contributed by atoms with Gasteiger partial charge in [0, 0.05) is 22.2 Å². The first-order valence-electron chi connectivity index (χ1n) is 5.86. The summed E-state index contributed by atoms with van der Waals surface area (Å²) in [7, 11) is 1.46. The van der Waals surface area contributed by atoms with E-state index in [1.807, 2.05) is 43.3 Å². The Morgan fingerprint density at radius 3 is 2.44 bits per heavy atom. The molecule has 92 valence electrons. The lowest BCUT2D eigenvalue weighted by molar-refractivity contribution is -0.443. The van der Waals surface area contributed by atoms with Gasteiger partial charge in [-0.1, -0.05) is 24.3 Å². The van der Waals surface area contributed by atoms with Gasteiger partial charge in [-0.05, 0) is 30.2 Å². The first kappa shape index (κ1) is 12.3. The molecule has 0 spiro atoms. The van der Waals surface area contributed by atoms with Gasteiger partial charge >= 0.3 is 0 Å². The van der Waals surface area contributed by atoms with Crippen molar-refractivity contribution in [2.24, 2.45) is 0 Å². The summed E-state index contributed by atoms with van der Waals surface area (Å²) in [5.74, 6) is 1.90. The molecule has 0 saturated carbocycles. The lowest BCUT2D eigenvalue weighted by atomic mass is 10.1. The molecule has 0 fully saturated rings. The van der Waals surface area contributed by atoms with Crippen molar-refractivity contribution in [1.82, 2.24) is 0 Å². The molecule has 2 aromatic rings. The van der Waals surface area contributed by atoms with Crippen LogP contribution in [0.4, 0.5) is 0 Å². The van der Waals surface area contributed by atoms with Gasteiger partial charge in [-0.15, -0.1) is 0 Å². The van der Waals surface area contributed by atoms with Crippen LogP contribution in [0.5, 0.6) is 0 Å². The van der Waals surface area contributed by atoms with Crippen molar-refractivity contribution in [2.75, 3.05) is 7.05 Å². The van der Waals surface area contributed by atoms with Crippen molar-refractivity contribution in [1.29, 1.82) is 0 Å². The van der Waals surface area contributed by atoms with E-state index in [-0.39, 0.29) is 0 Å². The summed E-state index contributed by atoms with van der Waals surface area (Å²) >= 11 is 0.